The number of hydrogen-bond donors (Lipinski definition) is 1. The van der Waals surface area contributed by atoms with Gasteiger partial charge in [0.05, 0.1) is 16.1 Å². The molecule has 7 heteroatoms. The van der Waals surface area contributed by atoms with E-state index in [1.165, 1.54) is 12.1 Å². The summed E-state index contributed by atoms with van der Waals surface area (Å²) < 4.78 is 5.02. The summed E-state index contributed by atoms with van der Waals surface area (Å²) in [6.07, 6.45) is 0. The van der Waals surface area contributed by atoms with Crippen molar-refractivity contribution in [3.05, 3.63) is 58.6 Å². The molecule has 0 spiro atoms. The minimum absolute atomic E-state index is 0.234. The molecule has 0 aliphatic rings. The number of esters is 1. The lowest BCUT2D eigenvalue weighted by Gasteiger charge is -2.13. The smallest absolute Gasteiger partial charge is 0.338 e. The van der Waals surface area contributed by atoms with Gasteiger partial charge in [0, 0.05) is 25.5 Å². The number of carbonyl (C=O) groups excluding carboxylic acids is 2. The molecule has 0 aromatic heterocycles. The van der Waals surface area contributed by atoms with E-state index in [2.05, 4.69) is 5.32 Å². The normalized spacial score (nSPS) is 9.84. The van der Waals surface area contributed by atoms with Crippen molar-refractivity contribution in [1.29, 1.82) is 5.26 Å². The van der Waals surface area contributed by atoms with Gasteiger partial charge in [-0.3, -0.25) is 4.79 Å². The molecule has 0 saturated heterocycles. The van der Waals surface area contributed by atoms with Crippen LogP contribution in [0.2, 0.25) is 5.02 Å². The molecular formula is C18H16ClN3O3. The minimum atomic E-state index is -0.586. The quantitative estimate of drug-likeness (QED) is 0.831. The van der Waals surface area contributed by atoms with Crippen molar-refractivity contribution >= 4 is 34.9 Å². The fourth-order valence-electron chi connectivity index (χ4n) is 2.01. The first-order valence-electron chi connectivity index (χ1n) is 7.34. The summed E-state index contributed by atoms with van der Waals surface area (Å²) in [6, 6.07) is 13.3. The van der Waals surface area contributed by atoms with Gasteiger partial charge in [-0.25, -0.2) is 4.79 Å². The number of benzene rings is 2. The van der Waals surface area contributed by atoms with Crippen LogP contribution in [0.25, 0.3) is 0 Å². The first-order valence-corrected chi connectivity index (χ1v) is 7.72. The predicted molar refractivity (Wildman–Crippen MR) is 95.8 cm³/mol. The Balaban J connectivity index is 1.93. The van der Waals surface area contributed by atoms with E-state index in [0.29, 0.717) is 16.8 Å². The van der Waals surface area contributed by atoms with Crippen molar-refractivity contribution in [3.63, 3.8) is 0 Å². The molecule has 6 nitrogen and oxygen atoms in total. The zero-order chi connectivity index (χ0) is 18.4. The van der Waals surface area contributed by atoms with Gasteiger partial charge in [0.15, 0.2) is 6.61 Å². The average molecular weight is 358 g/mol. The Hall–Kier alpha value is -3.04. The van der Waals surface area contributed by atoms with Gasteiger partial charge in [0.2, 0.25) is 0 Å². The SMILES string of the molecule is CN(C)c1cccc(C(=O)OCC(=O)Nc2ccc(C#N)c(Cl)c2)c1. The van der Waals surface area contributed by atoms with Crippen molar-refractivity contribution in [3.8, 4) is 6.07 Å². The number of ether oxygens (including phenoxy) is 1. The molecule has 128 valence electrons. The summed E-state index contributed by atoms with van der Waals surface area (Å²) in [7, 11) is 3.72. The van der Waals surface area contributed by atoms with Crippen LogP contribution in [-0.2, 0) is 9.53 Å². The Kier molecular flexibility index (Phi) is 5.98. The number of nitrogens with one attached hydrogen (secondary N) is 1. The molecular weight excluding hydrogens is 342 g/mol. The summed E-state index contributed by atoms with van der Waals surface area (Å²) in [5.74, 6) is -1.09. The minimum Gasteiger partial charge on any atom is -0.452 e. The van der Waals surface area contributed by atoms with E-state index in [-0.39, 0.29) is 5.02 Å². The molecule has 1 amide bonds. The predicted octanol–water partition coefficient (Wildman–Crippen LogP) is 3.07. The number of nitrogens with zero attached hydrogens (tertiary/aromatic N) is 2. The highest BCUT2D eigenvalue weighted by molar-refractivity contribution is 6.32. The highest BCUT2D eigenvalue weighted by atomic mass is 35.5. The fourth-order valence-corrected chi connectivity index (χ4v) is 2.23. The number of hydrogen-bond acceptors (Lipinski definition) is 5. The van der Waals surface area contributed by atoms with Crippen LogP contribution in [0.5, 0.6) is 0 Å². The Morgan fingerprint density at radius 1 is 1.24 bits per heavy atom. The number of carbonyl (C=O) groups is 2. The Labute approximate surface area is 150 Å². The molecule has 0 aliphatic carbocycles. The number of amides is 1. The van der Waals surface area contributed by atoms with E-state index in [1.807, 2.05) is 31.1 Å². The van der Waals surface area contributed by atoms with E-state index >= 15 is 0 Å². The molecule has 2 rings (SSSR count). The third-order valence-corrected chi connectivity index (χ3v) is 3.62. The van der Waals surface area contributed by atoms with Crippen LogP contribution in [0.15, 0.2) is 42.5 Å². The molecule has 0 aliphatic heterocycles. The summed E-state index contributed by atoms with van der Waals surface area (Å²) in [6.45, 7) is -0.428. The van der Waals surface area contributed by atoms with Crippen molar-refractivity contribution in [2.24, 2.45) is 0 Å². The van der Waals surface area contributed by atoms with E-state index in [4.69, 9.17) is 21.6 Å². The molecule has 0 heterocycles. The van der Waals surface area contributed by atoms with E-state index in [9.17, 15) is 9.59 Å². The lowest BCUT2D eigenvalue weighted by molar-refractivity contribution is -0.119. The van der Waals surface area contributed by atoms with Crippen molar-refractivity contribution in [2.75, 3.05) is 30.9 Å². The Morgan fingerprint density at radius 3 is 2.64 bits per heavy atom. The van der Waals surface area contributed by atoms with Crippen molar-refractivity contribution in [2.45, 2.75) is 0 Å². The second-order valence-corrected chi connectivity index (χ2v) is 5.78. The zero-order valence-electron chi connectivity index (χ0n) is 13.7. The van der Waals surface area contributed by atoms with Crippen LogP contribution in [0.1, 0.15) is 15.9 Å². The summed E-state index contributed by atoms with van der Waals surface area (Å²) in [5.41, 5.74) is 1.94. The Morgan fingerprint density at radius 2 is 2.00 bits per heavy atom. The maximum atomic E-state index is 12.0. The summed E-state index contributed by atoms with van der Waals surface area (Å²) in [4.78, 5) is 25.8. The van der Waals surface area contributed by atoms with Crippen LogP contribution in [-0.4, -0.2) is 32.6 Å². The molecule has 0 atom stereocenters. The van der Waals surface area contributed by atoms with Gasteiger partial charge in [-0.1, -0.05) is 17.7 Å². The van der Waals surface area contributed by atoms with E-state index in [0.717, 1.165) is 5.69 Å². The zero-order valence-corrected chi connectivity index (χ0v) is 14.5. The van der Waals surface area contributed by atoms with Gasteiger partial charge < -0.3 is 15.0 Å². The van der Waals surface area contributed by atoms with Crippen LogP contribution >= 0.6 is 11.6 Å². The molecule has 2 aromatic carbocycles. The van der Waals surface area contributed by atoms with E-state index in [1.54, 1.807) is 24.3 Å². The number of halogens is 1. The number of anilines is 2. The summed E-state index contributed by atoms with van der Waals surface area (Å²) >= 11 is 5.90. The van der Waals surface area contributed by atoms with Crippen LogP contribution in [0, 0.1) is 11.3 Å². The van der Waals surface area contributed by atoms with Crippen molar-refractivity contribution < 1.29 is 14.3 Å². The van der Waals surface area contributed by atoms with Gasteiger partial charge in [-0.2, -0.15) is 5.26 Å². The highest BCUT2D eigenvalue weighted by Gasteiger charge is 2.12. The standard InChI is InChI=1S/C18H16ClN3O3/c1-22(2)15-5-3-4-12(8-15)18(24)25-11-17(23)21-14-7-6-13(10-20)16(19)9-14/h3-9H,11H2,1-2H3,(H,21,23). The molecule has 0 unspecified atom stereocenters. The monoisotopic (exact) mass is 357 g/mol. The molecule has 0 bridgehead atoms. The maximum Gasteiger partial charge on any atom is 0.338 e. The van der Waals surface area contributed by atoms with Gasteiger partial charge in [0.25, 0.3) is 5.91 Å². The second kappa shape index (κ2) is 8.18. The number of nitriles is 1. The average Bonchev–Trinajstić information content (AvgIpc) is 2.60. The van der Waals surface area contributed by atoms with Gasteiger partial charge in [0.1, 0.15) is 6.07 Å². The number of rotatable bonds is 5. The van der Waals surface area contributed by atoms with Gasteiger partial charge in [-0.15, -0.1) is 0 Å². The molecule has 25 heavy (non-hydrogen) atoms. The molecule has 1 N–H and O–H groups in total. The van der Waals surface area contributed by atoms with Crippen molar-refractivity contribution in [1.82, 2.24) is 0 Å². The molecule has 0 saturated carbocycles. The largest absolute Gasteiger partial charge is 0.452 e. The second-order valence-electron chi connectivity index (χ2n) is 5.38. The first kappa shape index (κ1) is 18.3. The maximum absolute atomic E-state index is 12.0. The molecule has 0 fully saturated rings. The summed E-state index contributed by atoms with van der Waals surface area (Å²) in [5, 5.41) is 11.6. The van der Waals surface area contributed by atoms with Gasteiger partial charge >= 0.3 is 5.97 Å². The first-order chi connectivity index (χ1) is 11.9. The lowest BCUT2D eigenvalue weighted by atomic mass is 10.2. The highest BCUT2D eigenvalue weighted by Crippen LogP contribution is 2.20. The van der Waals surface area contributed by atoms with Crippen LogP contribution in [0.4, 0.5) is 11.4 Å². The third-order valence-electron chi connectivity index (χ3n) is 3.31. The van der Waals surface area contributed by atoms with Crippen LogP contribution in [0.3, 0.4) is 0 Å². The molecule has 0 radical (unpaired) electrons. The molecule has 2 aromatic rings. The topological polar surface area (TPSA) is 82.4 Å². The Bertz CT molecular complexity index is 844. The van der Waals surface area contributed by atoms with Gasteiger partial charge in [-0.05, 0) is 36.4 Å². The third kappa shape index (κ3) is 4.96. The fraction of sp³-hybridized carbons (Fsp3) is 0.167. The van der Waals surface area contributed by atoms with E-state index < -0.39 is 18.5 Å². The lowest BCUT2D eigenvalue weighted by Crippen LogP contribution is -2.21. The van der Waals surface area contributed by atoms with Crippen LogP contribution < -0.4 is 10.2 Å².